The molecule has 5 nitrogen and oxygen atoms in total. The third-order valence-corrected chi connectivity index (χ3v) is 5.92. The first kappa shape index (κ1) is 15.0. The Morgan fingerprint density at radius 3 is 2.76 bits per heavy atom. The van der Waals surface area contributed by atoms with Crippen LogP contribution in [-0.2, 0) is 16.6 Å². The van der Waals surface area contributed by atoms with Crippen LogP contribution in [0.4, 0.5) is 0 Å². The maximum absolute atomic E-state index is 12.3. The van der Waals surface area contributed by atoms with Crippen LogP contribution in [0, 0.1) is 0 Å². The third kappa shape index (κ3) is 3.45. The molecule has 1 unspecified atom stereocenters. The lowest BCUT2D eigenvalue weighted by molar-refractivity contribution is 0.339. The average molecular weight is 309 g/mol. The molecule has 1 atom stereocenters. The van der Waals surface area contributed by atoms with Crippen LogP contribution in [-0.4, -0.2) is 38.9 Å². The quantitative estimate of drug-likeness (QED) is 0.878. The second-order valence-electron chi connectivity index (χ2n) is 5.77. The smallest absolute Gasteiger partial charge is 0.279 e. The van der Waals surface area contributed by atoms with Crippen molar-refractivity contribution in [3.8, 4) is 0 Å². The molecule has 2 heterocycles. The monoisotopic (exact) mass is 309 g/mol. The predicted octanol–water partition coefficient (Wildman–Crippen LogP) is 1.19. The van der Waals surface area contributed by atoms with Crippen molar-refractivity contribution in [2.24, 2.45) is 0 Å². The molecule has 0 aliphatic carbocycles. The molecule has 116 valence electrons. The zero-order valence-corrected chi connectivity index (χ0v) is 13.0. The van der Waals surface area contributed by atoms with Crippen LogP contribution in [0.3, 0.4) is 0 Å². The van der Waals surface area contributed by atoms with Gasteiger partial charge in [-0.1, -0.05) is 30.7 Å². The first-order valence-corrected chi connectivity index (χ1v) is 9.17. The summed E-state index contributed by atoms with van der Waals surface area (Å²) < 4.78 is 29.0. The number of rotatable bonds is 4. The van der Waals surface area contributed by atoms with E-state index in [1.165, 1.54) is 11.1 Å². The summed E-state index contributed by atoms with van der Waals surface area (Å²) in [5.74, 6) is 0. The van der Waals surface area contributed by atoms with Gasteiger partial charge in [0.25, 0.3) is 10.2 Å². The van der Waals surface area contributed by atoms with E-state index in [2.05, 4.69) is 22.2 Å². The van der Waals surface area contributed by atoms with E-state index >= 15 is 0 Å². The molecule has 0 amide bonds. The Hall–Kier alpha value is -0.950. The molecule has 2 N–H and O–H groups in total. The van der Waals surface area contributed by atoms with Crippen molar-refractivity contribution in [3.63, 3.8) is 0 Å². The summed E-state index contributed by atoms with van der Waals surface area (Å²) >= 11 is 0. The lowest BCUT2D eigenvalue weighted by atomic mass is 9.95. The van der Waals surface area contributed by atoms with Gasteiger partial charge in [0.15, 0.2) is 0 Å². The number of fused-ring (bicyclic) bond motifs is 1. The summed E-state index contributed by atoms with van der Waals surface area (Å²) in [4.78, 5) is 0. The van der Waals surface area contributed by atoms with Crippen LogP contribution in [0.25, 0.3) is 0 Å². The highest BCUT2D eigenvalue weighted by Crippen LogP contribution is 2.22. The van der Waals surface area contributed by atoms with Gasteiger partial charge in [-0.25, -0.2) is 4.72 Å². The van der Waals surface area contributed by atoms with Crippen molar-refractivity contribution < 1.29 is 8.42 Å². The molecule has 0 aromatic heterocycles. The van der Waals surface area contributed by atoms with Gasteiger partial charge in [0.1, 0.15) is 0 Å². The molecular formula is C15H23N3O2S. The Bertz CT molecular complexity index is 582. The Balaban J connectivity index is 1.65. The molecule has 1 aromatic rings. The molecule has 6 heteroatoms. The van der Waals surface area contributed by atoms with Gasteiger partial charge in [-0.3, -0.25) is 0 Å². The molecule has 0 spiro atoms. The summed E-state index contributed by atoms with van der Waals surface area (Å²) in [6, 6.07) is 8.33. The van der Waals surface area contributed by atoms with E-state index in [1.807, 2.05) is 12.1 Å². The maximum atomic E-state index is 12.3. The van der Waals surface area contributed by atoms with Crippen molar-refractivity contribution in [2.45, 2.75) is 31.7 Å². The first-order chi connectivity index (χ1) is 10.2. The Morgan fingerprint density at radius 2 is 1.95 bits per heavy atom. The molecule has 0 bridgehead atoms. The second kappa shape index (κ2) is 6.44. The molecule has 1 saturated heterocycles. The fourth-order valence-electron chi connectivity index (χ4n) is 3.16. The minimum Gasteiger partial charge on any atom is -0.308 e. The van der Waals surface area contributed by atoms with Gasteiger partial charge in [-0.2, -0.15) is 12.7 Å². The van der Waals surface area contributed by atoms with Crippen LogP contribution < -0.4 is 10.0 Å². The number of hydrogen-bond acceptors (Lipinski definition) is 3. The van der Waals surface area contributed by atoms with E-state index in [0.29, 0.717) is 19.6 Å². The third-order valence-electron chi connectivity index (χ3n) is 4.34. The SMILES string of the molecule is O=S(=O)(NCC1NCCc2ccccc21)N1CCCCC1. The number of hydrogen-bond donors (Lipinski definition) is 2. The second-order valence-corrected chi connectivity index (χ2v) is 7.52. The fourth-order valence-corrected chi connectivity index (χ4v) is 4.46. The topological polar surface area (TPSA) is 61.4 Å². The van der Waals surface area contributed by atoms with E-state index in [1.54, 1.807) is 4.31 Å². The highest BCUT2D eigenvalue weighted by atomic mass is 32.2. The molecule has 1 fully saturated rings. The molecule has 0 saturated carbocycles. The van der Waals surface area contributed by atoms with E-state index < -0.39 is 10.2 Å². The Labute approximate surface area is 126 Å². The minimum atomic E-state index is -3.34. The van der Waals surface area contributed by atoms with Crippen LogP contribution in [0.5, 0.6) is 0 Å². The highest BCUT2D eigenvalue weighted by Gasteiger charge is 2.26. The van der Waals surface area contributed by atoms with Crippen molar-refractivity contribution in [1.29, 1.82) is 0 Å². The number of piperidine rings is 1. The van der Waals surface area contributed by atoms with Gasteiger partial charge < -0.3 is 5.32 Å². The summed E-state index contributed by atoms with van der Waals surface area (Å²) in [6.07, 6.45) is 4.06. The van der Waals surface area contributed by atoms with E-state index in [4.69, 9.17) is 0 Å². The minimum absolute atomic E-state index is 0.0644. The Kier molecular flexibility index (Phi) is 4.59. The molecule has 0 radical (unpaired) electrons. The fraction of sp³-hybridized carbons (Fsp3) is 0.600. The van der Waals surface area contributed by atoms with Gasteiger partial charge in [-0.15, -0.1) is 0 Å². The molecule has 2 aliphatic rings. The molecule has 2 aliphatic heterocycles. The normalized spacial score (nSPS) is 23.7. The first-order valence-electron chi connectivity index (χ1n) is 7.73. The van der Waals surface area contributed by atoms with Crippen molar-refractivity contribution in [3.05, 3.63) is 35.4 Å². The molecule has 3 rings (SSSR count). The standard InChI is InChI=1S/C15H23N3O2S/c19-21(20,18-10-4-1-5-11-18)17-12-15-14-7-3-2-6-13(14)8-9-16-15/h2-3,6-7,15-17H,1,4-5,8-12H2. The largest absolute Gasteiger partial charge is 0.308 e. The lowest BCUT2D eigenvalue weighted by Gasteiger charge is -2.30. The molecular weight excluding hydrogens is 286 g/mol. The summed E-state index contributed by atoms with van der Waals surface area (Å²) in [6.45, 7) is 2.59. The zero-order valence-electron chi connectivity index (χ0n) is 12.2. The average Bonchev–Trinajstić information content (AvgIpc) is 2.54. The van der Waals surface area contributed by atoms with Crippen molar-refractivity contribution in [1.82, 2.24) is 14.3 Å². The highest BCUT2D eigenvalue weighted by molar-refractivity contribution is 7.87. The van der Waals surface area contributed by atoms with Gasteiger partial charge in [0, 0.05) is 25.7 Å². The van der Waals surface area contributed by atoms with E-state index in [-0.39, 0.29) is 6.04 Å². The number of nitrogens with zero attached hydrogens (tertiary/aromatic N) is 1. The van der Waals surface area contributed by atoms with Gasteiger partial charge in [-0.05, 0) is 36.9 Å². The van der Waals surface area contributed by atoms with E-state index in [0.717, 1.165) is 32.2 Å². The predicted molar refractivity (Wildman–Crippen MR) is 83.2 cm³/mol. The summed E-state index contributed by atoms with van der Waals surface area (Å²) in [5, 5.41) is 3.41. The van der Waals surface area contributed by atoms with Gasteiger partial charge in [0.2, 0.25) is 0 Å². The molecule has 21 heavy (non-hydrogen) atoms. The van der Waals surface area contributed by atoms with E-state index in [9.17, 15) is 8.42 Å². The van der Waals surface area contributed by atoms with Crippen LogP contribution in [0.1, 0.15) is 36.4 Å². The van der Waals surface area contributed by atoms with Gasteiger partial charge in [0.05, 0.1) is 0 Å². The summed E-state index contributed by atoms with van der Waals surface area (Å²) in [5.41, 5.74) is 2.53. The number of nitrogens with one attached hydrogen (secondary N) is 2. The van der Waals surface area contributed by atoms with Crippen LogP contribution in [0.15, 0.2) is 24.3 Å². The Morgan fingerprint density at radius 1 is 1.19 bits per heavy atom. The zero-order chi connectivity index (χ0) is 14.7. The molecule has 1 aromatic carbocycles. The lowest BCUT2D eigenvalue weighted by Crippen LogP contribution is -2.46. The summed E-state index contributed by atoms with van der Waals surface area (Å²) in [7, 11) is -3.34. The maximum Gasteiger partial charge on any atom is 0.279 e. The number of benzene rings is 1. The van der Waals surface area contributed by atoms with Crippen LogP contribution in [0.2, 0.25) is 0 Å². The van der Waals surface area contributed by atoms with Crippen LogP contribution >= 0.6 is 0 Å². The van der Waals surface area contributed by atoms with Gasteiger partial charge >= 0.3 is 0 Å². The van der Waals surface area contributed by atoms with Crippen molar-refractivity contribution >= 4 is 10.2 Å². The van der Waals surface area contributed by atoms with Crippen molar-refractivity contribution in [2.75, 3.05) is 26.2 Å².